The van der Waals surface area contributed by atoms with Crippen LogP contribution in [-0.2, 0) is 11.3 Å². The molecule has 1 rings (SSSR count). The fourth-order valence-corrected chi connectivity index (χ4v) is 1.95. The summed E-state index contributed by atoms with van der Waals surface area (Å²) in [5.74, 6) is 0.648. The SMILES string of the molecule is CNCCCC(=O)NCc1cc(C(C)C)ccc1C. The van der Waals surface area contributed by atoms with Crippen LogP contribution in [0.1, 0.15) is 49.3 Å². The molecule has 0 atom stereocenters. The third-order valence-corrected chi connectivity index (χ3v) is 3.35. The van der Waals surface area contributed by atoms with Crippen LogP contribution in [-0.4, -0.2) is 19.5 Å². The number of benzene rings is 1. The van der Waals surface area contributed by atoms with Crippen molar-refractivity contribution >= 4 is 5.91 Å². The summed E-state index contributed by atoms with van der Waals surface area (Å²) in [7, 11) is 1.90. The number of hydrogen-bond acceptors (Lipinski definition) is 2. The number of nitrogens with one attached hydrogen (secondary N) is 2. The van der Waals surface area contributed by atoms with Gasteiger partial charge in [-0.3, -0.25) is 4.79 Å². The van der Waals surface area contributed by atoms with Gasteiger partial charge in [-0.2, -0.15) is 0 Å². The molecule has 0 aliphatic carbocycles. The third kappa shape index (κ3) is 5.43. The van der Waals surface area contributed by atoms with Gasteiger partial charge in [-0.1, -0.05) is 32.0 Å². The molecule has 0 bridgehead atoms. The molecule has 0 fully saturated rings. The lowest BCUT2D eigenvalue weighted by Crippen LogP contribution is -2.24. The summed E-state index contributed by atoms with van der Waals surface area (Å²) in [6.07, 6.45) is 1.47. The molecule has 2 N–H and O–H groups in total. The van der Waals surface area contributed by atoms with Gasteiger partial charge in [-0.05, 0) is 49.5 Å². The van der Waals surface area contributed by atoms with Crippen molar-refractivity contribution in [3.8, 4) is 0 Å². The topological polar surface area (TPSA) is 41.1 Å². The van der Waals surface area contributed by atoms with Crippen molar-refractivity contribution in [2.24, 2.45) is 0 Å². The third-order valence-electron chi connectivity index (χ3n) is 3.35. The molecular weight excluding hydrogens is 236 g/mol. The highest BCUT2D eigenvalue weighted by Gasteiger charge is 2.06. The highest BCUT2D eigenvalue weighted by atomic mass is 16.1. The fraction of sp³-hybridized carbons (Fsp3) is 0.562. The molecule has 19 heavy (non-hydrogen) atoms. The number of carbonyl (C=O) groups excluding carboxylic acids is 1. The number of aryl methyl sites for hydroxylation is 1. The van der Waals surface area contributed by atoms with Gasteiger partial charge in [0, 0.05) is 13.0 Å². The quantitative estimate of drug-likeness (QED) is 0.742. The molecule has 0 heterocycles. The highest BCUT2D eigenvalue weighted by Crippen LogP contribution is 2.18. The summed E-state index contributed by atoms with van der Waals surface area (Å²) >= 11 is 0. The molecule has 1 amide bonds. The molecular formula is C16H26N2O. The number of amides is 1. The van der Waals surface area contributed by atoms with E-state index in [2.05, 4.69) is 49.6 Å². The van der Waals surface area contributed by atoms with Gasteiger partial charge in [0.05, 0.1) is 0 Å². The number of hydrogen-bond donors (Lipinski definition) is 2. The van der Waals surface area contributed by atoms with E-state index in [1.165, 1.54) is 16.7 Å². The van der Waals surface area contributed by atoms with Gasteiger partial charge < -0.3 is 10.6 Å². The summed E-state index contributed by atoms with van der Waals surface area (Å²) in [4.78, 5) is 11.7. The maximum atomic E-state index is 11.7. The zero-order chi connectivity index (χ0) is 14.3. The fourth-order valence-electron chi connectivity index (χ4n) is 1.95. The van der Waals surface area contributed by atoms with Crippen LogP contribution in [0.4, 0.5) is 0 Å². The molecule has 1 aromatic rings. The zero-order valence-corrected chi connectivity index (χ0v) is 12.5. The van der Waals surface area contributed by atoms with Gasteiger partial charge in [-0.15, -0.1) is 0 Å². The van der Waals surface area contributed by atoms with Crippen LogP contribution in [0.3, 0.4) is 0 Å². The Kier molecular flexibility index (Phi) is 6.57. The number of carbonyl (C=O) groups is 1. The predicted octanol–water partition coefficient (Wildman–Crippen LogP) is 2.73. The molecule has 0 aromatic heterocycles. The van der Waals surface area contributed by atoms with Gasteiger partial charge >= 0.3 is 0 Å². The second-order valence-electron chi connectivity index (χ2n) is 5.32. The van der Waals surface area contributed by atoms with Crippen molar-refractivity contribution in [2.75, 3.05) is 13.6 Å². The van der Waals surface area contributed by atoms with E-state index in [1.54, 1.807) is 0 Å². The number of rotatable bonds is 7. The predicted molar refractivity (Wildman–Crippen MR) is 80.3 cm³/mol. The Morgan fingerprint density at radius 2 is 2.05 bits per heavy atom. The minimum atomic E-state index is 0.129. The minimum absolute atomic E-state index is 0.129. The van der Waals surface area contributed by atoms with Crippen molar-refractivity contribution in [3.05, 3.63) is 34.9 Å². The van der Waals surface area contributed by atoms with Crippen molar-refractivity contribution in [3.63, 3.8) is 0 Å². The second kappa shape index (κ2) is 7.95. The Bertz CT molecular complexity index is 413. The summed E-state index contributed by atoms with van der Waals surface area (Å²) in [6, 6.07) is 6.50. The zero-order valence-electron chi connectivity index (χ0n) is 12.5. The summed E-state index contributed by atoms with van der Waals surface area (Å²) in [5.41, 5.74) is 3.78. The van der Waals surface area contributed by atoms with Gasteiger partial charge in [0.25, 0.3) is 0 Å². The average molecular weight is 262 g/mol. The molecule has 0 aliphatic rings. The van der Waals surface area contributed by atoms with E-state index in [0.29, 0.717) is 18.9 Å². The van der Waals surface area contributed by atoms with Crippen LogP contribution in [0.5, 0.6) is 0 Å². The highest BCUT2D eigenvalue weighted by molar-refractivity contribution is 5.75. The first-order chi connectivity index (χ1) is 9.04. The Balaban J connectivity index is 2.52. The molecule has 0 spiro atoms. The molecule has 0 saturated carbocycles. The van der Waals surface area contributed by atoms with Crippen LogP contribution in [0.2, 0.25) is 0 Å². The van der Waals surface area contributed by atoms with Crippen molar-refractivity contribution in [1.82, 2.24) is 10.6 Å². The minimum Gasteiger partial charge on any atom is -0.352 e. The van der Waals surface area contributed by atoms with Gasteiger partial charge in [0.2, 0.25) is 5.91 Å². The molecule has 0 unspecified atom stereocenters. The van der Waals surface area contributed by atoms with Crippen LogP contribution < -0.4 is 10.6 Å². The van der Waals surface area contributed by atoms with E-state index in [4.69, 9.17) is 0 Å². The maximum Gasteiger partial charge on any atom is 0.220 e. The van der Waals surface area contributed by atoms with Crippen LogP contribution in [0.25, 0.3) is 0 Å². The summed E-state index contributed by atoms with van der Waals surface area (Å²) < 4.78 is 0. The first kappa shape index (κ1) is 15.7. The summed E-state index contributed by atoms with van der Waals surface area (Å²) in [6.45, 7) is 7.97. The van der Waals surface area contributed by atoms with Gasteiger partial charge in [0.1, 0.15) is 0 Å². The van der Waals surface area contributed by atoms with Gasteiger partial charge in [-0.25, -0.2) is 0 Å². The van der Waals surface area contributed by atoms with Crippen molar-refractivity contribution < 1.29 is 4.79 Å². The first-order valence-electron chi connectivity index (χ1n) is 7.05. The lowest BCUT2D eigenvalue weighted by molar-refractivity contribution is -0.121. The Labute approximate surface area is 116 Å². The second-order valence-corrected chi connectivity index (χ2v) is 5.32. The Hall–Kier alpha value is -1.35. The van der Waals surface area contributed by atoms with Crippen LogP contribution in [0, 0.1) is 6.92 Å². The van der Waals surface area contributed by atoms with Crippen molar-refractivity contribution in [1.29, 1.82) is 0 Å². The Morgan fingerprint density at radius 1 is 1.32 bits per heavy atom. The molecule has 1 aromatic carbocycles. The Morgan fingerprint density at radius 3 is 2.68 bits per heavy atom. The van der Waals surface area contributed by atoms with Crippen molar-refractivity contribution in [2.45, 2.75) is 46.1 Å². The summed E-state index contributed by atoms with van der Waals surface area (Å²) in [5, 5.41) is 6.04. The van der Waals surface area contributed by atoms with E-state index in [0.717, 1.165) is 13.0 Å². The lowest BCUT2D eigenvalue weighted by Gasteiger charge is -2.12. The molecule has 106 valence electrons. The average Bonchev–Trinajstić information content (AvgIpc) is 2.37. The molecule has 0 saturated heterocycles. The van der Waals surface area contributed by atoms with E-state index < -0.39 is 0 Å². The molecule has 3 heteroatoms. The van der Waals surface area contributed by atoms with Crippen LogP contribution in [0.15, 0.2) is 18.2 Å². The largest absolute Gasteiger partial charge is 0.352 e. The van der Waals surface area contributed by atoms with E-state index in [1.807, 2.05) is 7.05 Å². The molecule has 0 aliphatic heterocycles. The van der Waals surface area contributed by atoms with E-state index >= 15 is 0 Å². The van der Waals surface area contributed by atoms with E-state index in [9.17, 15) is 4.79 Å². The molecule has 0 radical (unpaired) electrons. The normalized spacial score (nSPS) is 10.8. The first-order valence-corrected chi connectivity index (χ1v) is 7.05. The lowest BCUT2D eigenvalue weighted by atomic mass is 9.98. The standard InChI is InChI=1S/C16H26N2O/c1-12(2)14-8-7-13(3)15(10-14)11-18-16(19)6-5-9-17-4/h7-8,10,12,17H,5-6,9,11H2,1-4H3,(H,18,19). The van der Waals surface area contributed by atoms with E-state index in [-0.39, 0.29) is 5.91 Å². The van der Waals surface area contributed by atoms with Crippen LogP contribution >= 0.6 is 0 Å². The van der Waals surface area contributed by atoms with Gasteiger partial charge in [0.15, 0.2) is 0 Å². The monoisotopic (exact) mass is 262 g/mol. The maximum absolute atomic E-state index is 11.7. The molecule has 3 nitrogen and oxygen atoms in total. The smallest absolute Gasteiger partial charge is 0.220 e.